The molecule has 0 radical (unpaired) electrons. The normalized spacial score (nSPS) is 20.2. The number of benzene rings is 1. The minimum absolute atomic E-state index is 0.291. The minimum Gasteiger partial charge on any atom is -0.378 e. The van der Waals surface area contributed by atoms with Gasteiger partial charge in [-0.2, -0.15) is 18.3 Å². The summed E-state index contributed by atoms with van der Waals surface area (Å²) < 4.78 is 46.9. The minimum atomic E-state index is -4.63. The van der Waals surface area contributed by atoms with Crippen molar-refractivity contribution < 1.29 is 22.7 Å². The zero-order valence-electron chi connectivity index (χ0n) is 20.4. The van der Waals surface area contributed by atoms with Crippen molar-refractivity contribution in [2.24, 2.45) is 5.41 Å². The van der Waals surface area contributed by atoms with Gasteiger partial charge in [0, 0.05) is 24.7 Å². The van der Waals surface area contributed by atoms with Crippen molar-refractivity contribution in [2.75, 3.05) is 49.6 Å². The number of piperidine rings is 1. The molecule has 2 N–H and O–H groups in total. The molecule has 3 aromatic rings. The van der Waals surface area contributed by atoms with Crippen LogP contribution in [0.25, 0.3) is 10.9 Å². The Morgan fingerprint density at radius 1 is 1.14 bits per heavy atom. The number of aromatic nitrogens is 3. The van der Waals surface area contributed by atoms with E-state index in [4.69, 9.17) is 9.84 Å². The molecule has 196 valence electrons. The second kappa shape index (κ2) is 9.29. The van der Waals surface area contributed by atoms with Crippen LogP contribution >= 0.6 is 0 Å². The summed E-state index contributed by atoms with van der Waals surface area (Å²) in [6.45, 7) is 4.51. The van der Waals surface area contributed by atoms with E-state index in [9.17, 15) is 18.0 Å². The quantitative estimate of drug-likeness (QED) is 0.542. The maximum Gasteiger partial charge on any atom is 0.433 e. The summed E-state index contributed by atoms with van der Waals surface area (Å²) in [6, 6.07) is 7.48. The van der Waals surface area contributed by atoms with E-state index in [1.54, 1.807) is 0 Å². The molecule has 11 heteroatoms. The predicted molar refractivity (Wildman–Crippen MR) is 133 cm³/mol. The van der Waals surface area contributed by atoms with Crippen molar-refractivity contribution in [3.05, 3.63) is 47.9 Å². The highest BCUT2D eigenvalue weighted by molar-refractivity contribution is 6.06. The number of amides is 1. The second-order valence-corrected chi connectivity index (χ2v) is 10.3. The number of alkyl halides is 3. The highest BCUT2D eigenvalue weighted by atomic mass is 19.4. The Hall–Kier alpha value is -3.18. The molecule has 1 saturated carbocycles. The van der Waals surface area contributed by atoms with E-state index in [1.165, 1.54) is 25.0 Å². The Labute approximate surface area is 212 Å². The van der Waals surface area contributed by atoms with Crippen LogP contribution in [0.1, 0.15) is 47.9 Å². The summed E-state index contributed by atoms with van der Waals surface area (Å²) in [6.07, 6.45) is 2.01. The maximum absolute atomic E-state index is 13.1. The van der Waals surface area contributed by atoms with E-state index in [2.05, 4.69) is 20.5 Å². The van der Waals surface area contributed by atoms with E-state index in [1.807, 2.05) is 23.0 Å². The summed E-state index contributed by atoms with van der Waals surface area (Å²) in [7, 11) is 0. The van der Waals surface area contributed by atoms with Gasteiger partial charge in [0.25, 0.3) is 5.91 Å². The number of hydrogen-bond acceptors (Lipinski definition) is 6. The SMILES string of the molecule is O=C(Nc1cc2cn(C3CC4(CCNCC4)C3)nc2cc1N1CCOCC1)c1cccc(C(F)(F)F)n1. The zero-order chi connectivity index (χ0) is 25.6. The van der Waals surface area contributed by atoms with Crippen molar-refractivity contribution >= 4 is 28.2 Å². The molecule has 0 unspecified atom stereocenters. The lowest BCUT2D eigenvalue weighted by Gasteiger charge is -2.50. The molecule has 2 saturated heterocycles. The summed E-state index contributed by atoms with van der Waals surface area (Å²) in [5, 5.41) is 12.0. The standard InChI is InChI=1S/C26H29F3N6O2/c27-26(28,29)23-3-1-2-19(31-23)24(36)32-21-12-17-16-35(18-14-25(15-18)4-6-30-7-5-25)33-20(17)13-22(21)34-8-10-37-11-9-34/h1-3,12-13,16,18,30H,4-11,14-15H2,(H,32,36). The molecule has 1 amide bonds. The summed E-state index contributed by atoms with van der Waals surface area (Å²) in [5.41, 5.74) is 1.14. The number of anilines is 2. The molecule has 1 aromatic carbocycles. The molecule has 37 heavy (non-hydrogen) atoms. The Morgan fingerprint density at radius 3 is 2.62 bits per heavy atom. The van der Waals surface area contributed by atoms with Crippen LogP contribution in [0.4, 0.5) is 24.5 Å². The number of rotatable bonds is 4. The van der Waals surface area contributed by atoms with Crippen LogP contribution in [0.15, 0.2) is 36.5 Å². The number of pyridine rings is 1. The molecule has 1 spiro atoms. The second-order valence-electron chi connectivity index (χ2n) is 10.3. The molecular weight excluding hydrogens is 485 g/mol. The number of nitrogens with zero attached hydrogens (tertiary/aromatic N) is 4. The average molecular weight is 515 g/mol. The zero-order valence-corrected chi connectivity index (χ0v) is 20.4. The first kappa shape index (κ1) is 24.2. The Bertz CT molecular complexity index is 1300. The van der Waals surface area contributed by atoms with Gasteiger partial charge in [-0.3, -0.25) is 9.48 Å². The van der Waals surface area contributed by atoms with E-state index in [0.717, 1.165) is 48.6 Å². The smallest absolute Gasteiger partial charge is 0.378 e. The number of nitrogens with one attached hydrogen (secondary N) is 2. The van der Waals surface area contributed by atoms with Crippen molar-refractivity contribution in [3.8, 4) is 0 Å². The van der Waals surface area contributed by atoms with Crippen LogP contribution in [-0.4, -0.2) is 60.1 Å². The van der Waals surface area contributed by atoms with Crippen molar-refractivity contribution in [3.63, 3.8) is 0 Å². The van der Waals surface area contributed by atoms with Crippen molar-refractivity contribution in [1.29, 1.82) is 0 Å². The first-order valence-corrected chi connectivity index (χ1v) is 12.7. The third-order valence-electron chi connectivity index (χ3n) is 7.89. The van der Waals surface area contributed by atoms with Gasteiger partial charge < -0.3 is 20.3 Å². The van der Waals surface area contributed by atoms with Crippen LogP contribution in [0.5, 0.6) is 0 Å². The molecule has 0 atom stereocenters. The molecule has 8 nitrogen and oxygen atoms in total. The van der Waals surface area contributed by atoms with Gasteiger partial charge in [-0.05, 0) is 68.5 Å². The molecule has 2 aromatic heterocycles. The number of fused-ring (bicyclic) bond motifs is 1. The molecule has 3 aliphatic rings. The fourth-order valence-corrected chi connectivity index (χ4v) is 5.83. The third kappa shape index (κ3) is 4.77. The molecule has 3 fully saturated rings. The lowest BCUT2D eigenvalue weighted by atomic mass is 9.60. The first-order valence-electron chi connectivity index (χ1n) is 12.7. The number of halogens is 3. The van der Waals surface area contributed by atoms with Gasteiger partial charge >= 0.3 is 6.18 Å². The van der Waals surface area contributed by atoms with Gasteiger partial charge in [0.15, 0.2) is 0 Å². The van der Waals surface area contributed by atoms with Gasteiger partial charge in [-0.1, -0.05) is 6.07 Å². The lowest BCUT2D eigenvalue weighted by Crippen LogP contribution is -2.46. The van der Waals surface area contributed by atoms with Gasteiger partial charge in [-0.15, -0.1) is 0 Å². The van der Waals surface area contributed by atoms with Crippen molar-refractivity contribution in [2.45, 2.75) is 37.9 Å². The van der Waals surface area contributed by atoms with Crippen LogP contribution in [0.2, 0.25) is 0 Å². The molecule has 0 bridgehead atoms. The molecule has 4 heterocycles. The van der Waals surface area contributed by atoms with Gasteiger partial charge in [0.2, 0.25) is 0 Å². The van der Waals surface area contributed by atoms with Gasteiger partial charge in [0.05, 0.1) is 36.1 Å². The molecular formula is C26H29F3N6O2. The predicted octanol–water partition coefficient (Wildman–Crippen LogP) is 4.24. The topological polar surface area (TPSA) is 84.3 Å². The van der Waals surface area contributed by atoms with Gasteiger partial charge in [-0.25, -0.2) is 4.98 Å². The Morgan fingerprint density at radius 2 is 1.89 bits per heavy atom. The van der Waals surface area contributed by atoms with Crippen LogP contribution in [0, 0.1) is 5.41 Å². The third-order valence-corrected chi connectivity index (χ3v) is 7.89. The Kier molecular flexibility index (Phi) is 6.07. The number of carbonyl (C=O) groups is 1. The Balaban J connectivity index is 1.29. The van der Waals surface area contributed by atoms with Gasteiger partial charge in [0.1, 0.15) is 11.4 Å². The number of carbonyl (C=O) groups excluding carboxylic acids is 1. The van der Waals surface area contributed by atoms with Crippen LogP contribution < -0.4 is 15.5 Å². The highest BCUT2D eigenvalue weighted by Crippen LogP contribution is 2.53. The molecule has 2 aliphatic heterocycles. The first-order chi connectivity index (χ1) is 17.8. The highest BCUT2D eigenvalue weighted by Gasteiger charge is 2.45. The van der Waals surface area contributed by atoms with E-state index < -0.39 is 17.8 Å². The van der Waals surface area contributed by atoms with E-state index in [-0.39, 0.29) is 5.69 Å². The van der Waals surface area contributed by atoms with Crippen molar-refractivity contribution in [1.82, 2.24) is 20.1 Å². The monoisotopic (exact) mass is 514 g/mol. The summed E-state index contributed by atoms with van der Waals surface area (Å²) >= 11 is 0. The summed E-state index contributed by atoms with van der Waals surface area (Å²) in [5.74, 6) is -0.695. The lowest BCUT2D eigenvalue weighted by molar-refractivity contribution is -0.141. The van der Waals surface area contributed by atoms with E-state index >= 15 is 0 Å². The molecule has 1 aliphatic carbocycles. The fraction of sp³-hybridized carbons (Fsp3) is 0.500. The summed E-state index contributed by atoms with van der Waals surface area (Å²) in [4.78, 5) is 18.6. The molecule has 6 rings (SSSR count). The largest absolute Gasteiger partial charge is 0.433 e. The number of morpholine rings is 1. The maximum atomic E-state index is 13.1. The van der Waals surface area contributed by atoms with Crippen LogP contribution in [-0.2, 0) is 10.9 Å². The number of ether oxygens (including phenoxy) is 1. The fourth-order valence-electron chi connectivity index (χ4n) is 5.83. The van der Waals surface area contributed by atoms with Crippen LogP contribution in [0.3, 0.4) is 0 Å². The number of hydrogen-bond donors (Lipinski definition) is 2. The average Bonchev–Trinajstić information content (AvgIpc) is 3.30. The van der Waals surface area contributed by atoms with E-state index in [0.29, 0.717) is 43.4 Å².